The van der Waals surface area contributed by atoms with Gasteiger partial charge < -0.3 is 14.5 Å². The van der Waals surface area contributed by atoms with Crippen molar-refractivity contribution >= 4 is 0 Å². The second-order valence-electron chi connectivity index (χ2n) is 13.0. The predicted octanol–water partition coefficient (Wildman–Crippen LogP) is 10.5. The van der Waals surface area contributed by atoms with Gasteiger partial charge in [0.25, 0.3) is 0 Å². The van der Waals surface area contributed by atoms with Crippen molar-refractivity contribution in [3.05, 3.63) is 222 Å². The molecule has 8 rings (SSSR count). The molecule has 3 heterocycles. The first-order valence-electron chi connectivity index (χ1n) is 18.1. The molecule has 0 spiro atoms. The zero-order valence-corrected chi connectivity index (χ0v) is 32.7. The van der Waals surface area contributed by atoms with E-state index < -0.39 is 0 Å². The molecule has 0 N–H and O–H groups in total. The third-order valence-corrected chi connectivity index (χ3v) is 9.37. The third-order valence-electron chi connectivity index (χ3n) is 9.37. The van der Waals surface area contributed by atoms with Gasteiger partial charge in [0.05, 0.1) is 5.82 Å². The molecule has 0 saturated carbocycles. The largest absolute Gasteiger partial charge is 3.00 e. The fraction of sp³-hybridized carbons (Fsp3) is 0.122. The monoisotopic (exact) mass is 878 g/mol. The van der Waals surface area contributed by atoms with E-state index in [1.165, 1.54) is 33.4 Å². The van der Waals surface area contributed by atoms with Gasteiger partial charge in [-0.2, -0.15) is 0 Å². The van der Waals surface area contributed by atoms with Gasteiger partial charge in [0.2, 0.25) is 0 Å². The van der Waals surface area contributed by atoms with Crippen molar-refractivity contribution in [2.24, 2.45) is 7.05 Å². The van der Waals surface area contributed by atoms with Crippen molar-refractivity contribution in [2.75, 3.05) is 0 Å². The summed E-state index contributed by atoms with van der Waals surface area (Å²) in [6.45, 7) is 0. The molecule has 8 aromatic rings. The van der Waals surface area contributed by atoms with Crippen molar-refractivity contribution in [1.29, 1.82) is 0 Å². The Labute approximate surface area is 333 Å². The summed E-state index contributed by atoms with van der Waals surface area (Å²) in [5.74, 6) is 0.954. The topological polar surface area (TPSA) is 43.6 Å². The fourth-order valence-corrected chi connectivity index (χ4v) is 6.54. The summed E-state index contributed by atoms with van der Waals surface area (Å²) < 4.78 is 1.98. The molecule has 0 bridgehead atoms. The van der Waals surface area contributed by atoms with E-state index in [2.05, 4.69) is 112 Å². The van der Waals surface area contributed by atoms with E-state index in [9.17, 15) is 0 Å². The molecular weight excluding hydrogens is 837 g/mol. The second-order valence-corrected chi connectivity index (χ2v) is 13.0. The Bertz CT molecular complexity index is 2210. The SMILES string of the molecule is Cn1ccnc1-c1[c-]cccc1.[Ir+3].[c-]1ccccc1-c1cc(CCc2ccccc2Cc2ccccc2CCc2cc[c-]c(-c3ccccn3)c2)ccn1. The summed E-state index contributed by atoms with van der Waals surface area (Å²) in [7, 11) is 1.98. The molecule has 0 unspecified atom stereocenters. The molecule has 54 heavy (non-hydrogen) atoms. The smallest absolute Gasteiger partial charge is 0.373 e. The molecule has 0 fully saturated rings. The summed E-state index contributed by atoms with van der Waals surface area (Å²) >= 11 is 0. The number of rotatable bonds is 11. The van der Waals surface area contributed by atoms with Gasteiger partial charge in [0.1, 0.15) is 0 Å². The maximum atomic E-state index is 4.57. The third kappa shape index (κ3) is 10.2. The molecule has 0 radical (unpaired) electrons. The number of aryl methyl sites for hydroxylation is 5. The quantitative estimate of drug-likeness (QED) is 0.122. The number of pyridine rings is 2. The minimum absolute atomic E-state index is 0. The van der Waals surface area contributed by atoms with Crippen LogP contribution >= 0.6 is 0 Å². The van der Waals surface area contributed by atoms with E-state index in [0.717, 1.165) is 66.0 Å². The van der Waals surface area contributed by atoms with E-state index in [4.69, 9.17) is 0 Å². The molecule has 5 heteroatoms. The van der Waals surface area contributed by atoms with Gasteiger partial charge in [-0.15, -0.1) is 107 Å². The second kappa shape index (κ2) is 19.4. The van der Waals surface area contributed by atoms with Crippen LogP contribution in [-0.4, -0.2) is 19.5 Å². The van der Waals surface area contributed by atoms with Gasteiger partial charge in [-0.3, -0.25) is 4.98 Å². The van der Waals surface area contributed by atoms with Crippen molar-refractivity contribution < 1.29 is 20.1 Å². The average molecular weight is 878 g/mol. The van der Waals surface area contributed by atoms with Crippen LogP contribution < -0.4 is 0 Å². The molecule has 0 aliphatic rings. The van der Waals surface area contributed by atoms with Crippen LogP contribution in [0.5, 0.6) is 0 Å². The van der Waals surface area contributed by atoms with E-state index in [1.54, 1.807) is 6.20 Å². The van der Waals surface area contributed by atoms with Gasteiger partial charge in [-0.1, -0.05) is 72.3 Å². The zero-order chi connectivity index (χ0) is 36.1. The zero-order valence-electron chi connectivity index (χ0n) is 30.3. The maximum absolute atomic E-state index is 4.57. The minimum Gasteiger partial charge on any atom is -0.373 e. The molecule has 4 nitrogen and oxygen atoms in total. The fourth-order valence-electron chi connectivity index (χ4n) is 6.54. The molecule has 5 aromatic carbocycles. The number of benzene rings is 5. The first kappa shape index (κ1) is 38.0. The van der Waals surface area contributed by atoms with Crippen molar-refractivity contribution in [3.8, 4) is 33.9 Å². The predicted molar refractivity (Wildman–Crippen MR) is 215 cm³/mol. The van der Waals surface area contributed by atoms with Gasteiger partial charge in [-0.05, 0) is 77.9 Å². The Morgan fingerprint density at radius 2 is 1.06 bits per heavy atom. The van der Waals surface area contributed by atoms with Crippen LogP contribution in [0, 0.1) is 18.2 Å². The molecule has 0 atom stereocenters. The van der Waals surface area contributed by atoms with Crippen molar-refractivity contribution in [2.45, 2.75) is 32.1 Å². The molecule has 3 aromatic heterocycles. The standard InChI is InChI=1S/C39H32N2.C10H9N2.Ir/c1-2-14-34(15-3-1)39-28-31(24-26-41-39)21-23-33-13-5-7-17-36(33)29-35-16-6-4-12-32(35)22-20-30-11-10-18-37(27-30)38-19-8-9-25-40-38;1-12-8-7-11-10(12)9-5-3-2-4-6-9;/h1-14,16-17,19,24-28H,20-23,29H2;2-5,7-8H,1H3;/q-2;-1;+3. The first-order valence-corrected chi connectivity index (χ1v) is 18.1. The molecule has 0 saturated heterocycles. The number of hydrogen-bond donors (Lipinski definition) is 0. The van der Waals surface area contributed by atoms with Crippen LogP contribution in [0.4, 0.5) is 0 Å². The van der Waals surface area contributed by atoms with Crippen LogP contribution in [-0.2, 0) is 59.3 Å². The Balaban J connectivity index is 0.000000324. The van der Waals surface area contributed by atoms with E-state index in [0.29, 0.717) is 0 Å². The average Bonchev–Trinajstić information content (AvgIpc) is 3.67. The number of nitrogens with zero attached hydrogens (tertiary/aromatic N) is 4. The number of imidazole rings is 1. The Morgan fingerprint density at radius 3 is 1.67 bits per heavy atom. The van der Waals surface area contributed by atoms with Gasteiger partial charge in [0, 0.05) is 31.8 Å². The van der Waals surface area contributed by atoms with E-state index in [-0.39, 0.29) is 20.1 Å². The number of aromatic nitrogens is 4. The van der Waals surface area contributed by atoms with Crippen LogP contribution in [0.15, 0.2) is 170 Å². The van der Waals surface area contributed by atoms with Gasteiger partial charge in [-0.25, -0.2) is 0 Å². The van der Waals surface area contributed by atoms with Crippen LogP contribution in [0.1, 0.15) is 33.4 Å². The van der Waals surface area contributed by atoms with Crippen molar-refractivity contribution in [1.82, 2.24) is 19.5 Å². The minimum atomic E-state index is 0. The van der Waals surface area contributed by atoms with Gasteiger partial charge in [0.15, 0.2) is 0 Å². The Morgan fingerprint density at radius 1 is 0.463 bits per heavy atom. The molecule has 0 aliphatic carbocycles. The van der Waals surface area contributed by atoms with E-state index in [1.807, 2.05) is 96.9 Å². The first-order chi connectivity index (χ1) is 26.2. The Kier molecular flexibility index (Phi) is 13.6. The van der Waals surface area contributed by atoms with E-state index >= 15 is 0 Å². The molecule has 0 aliphatic heterocycles. The molecule has 0 amide bonds. The van der Waals surface area contributed by atoms with Crippen LogP contribution in [0.3, 0.4) is 0 Å². The van der Waals surface area contributed by atoms with Crippen molar-refractivity contribution in [3.63, 3.8) is 0 Å². The molecular formula is C49H41IrN4. The summed E-state index contributed by atoms with van der Waals surface area (Å²) in [6.07, 6.45) is 12.4. The summed E-state index contributed by atoms with van der Waals surface area (Å²) in [4.78, 5) is 13.3. The Hall–Kier alpha value is -5.74. The maximum Gasteiger partial charge on any atom is 3.00 e. The van der Waals surface area contributed by atoms with Crippen LogP contribution in [0.2, 0.25) is 0 Å². The molecule has 266 valence electrons. The summed E-state index contributed by atoms with van der Waals surface area (Å²) in [5.41, 5.74) is 13.3. The van der Waals surface area contributed by atoms with Crippen LogP contribution in [0.25, 0.3) is 33.9 Å². The van der Waals surface area contributed by atoms with Gasteiger partial charge >= 0.3 is 20.1 Å². The summed E-state index contributed by atoms with van der Waals surface area (Å²) in [5, 5.41) is 0. The summed E-state index contributed by atoms with van der Waals surface area (Å²) in [6, 6.07) is 60.2. The normalized spacial score (nSPS) is 10.5. The number of hydrogen-bond acceptors (Lipinski definition) is 3.